The number of hydrogen-bond acceptors (Lipinski definition) is 3. The fourth-order valence-electron chi connectivity index (χ4n) is 2.09. The van der Waals surface area contributed by atoms with Gasteiger partial charge in [0.25, 0.3) is 0 Å². The van der Waals surface area contributed by atoms with Crippen molar-refractivity contribution in [1.82, 2.24) is 18.9 Å². The standard InChI is InChI=1S/C8H8N2S.C7H6N2S/c1-5-2-3-6-7(4-5)10-8(11)9-6;10-9-5-8-6-3-1-2-4-7(6)9/h2-4H,1H3,(H2,9,10,11);1-5,10H. The normalized spacial score (nSPS) is 10.6. The molecule has 6 heteroatoms. The van der Waals surface area contributed by atoms with Gasteiger partial charge in [0.15, 0.2) is 4.77 Å². The Kier molecular flexibility index (Phi) is 3.81. The molecule has 0 aliphatic rings. The number of thiol groups is 1. The number of aromatic nitrogens is 4. The highest BCUT2D eigenvalue weighted by Gasteiger charge is 1.95. The van der Waals surface area contributed by atoms with Crippen LogP contribution in [-0.4, -0.2) is 18.9 Å². The van der Waals surface area contributed by atoms with Crippen LogP contribution in [0.4, 0.5) is 0 Å². The van der Waals surface area contributed by atoms with Crippen molar-refractivity contribution < 1.29 is 0 Å². The zero-order chi connectivity index (χ0) is 14.8. The summed E-state index contributed by atoms with van der Waals surface area (Å²) in [6, 6.07) is 14.0. The molecule has 2 heterocycles. The topological polar surface area (TPSA) is 49.4 Å². The number of H-pyrrole nitrogens is 2. The van der Waals surface area contributed by atoms with E-state index in [-0.39, 0.29) is 0 Å². The molecule has 2 aromatic heterocycles. The van der Waals surface area contributed by atoms with Gasteiger partial charge in [-0.15, -0.1) is 0 Å². The molecule has 21 heavy (non-hydrogen) atoms. The van der Waals surface area contributed by atoms with Crippen LogP contribution >= 0.6 is 25.0 Å². The van der Waals surface area contributed by atoms with Crippen LogP contribution in [0.15, 0.2) is 48.8 Å². The van der Waals surface area contributed by atoms with Crippen molar-refractivity contribution in [3.8, 4) is 0 Å². The van der Waals surface area contributed by atoms with Crippen LogP contribution in [0.25, 0.3) is 22.1 Å². The lowest BCUT2D eigenvalue weighted by Crippen LogP contribution is -1.73. The monoisotopic (exact) mass is 314 g/mol. The number of aryl methyl sites for hydroxylation is 1. The van der Waals surface area contributed by atoms with Crippen molar-refractivity contribution in [3.63, 3.8) is 0 Å². The maximum Gasteiger partial charge on any atom is 0.175 e. The van der Waals surface area contributed by atoms with Gasteiger partial charge >= 0.3 is 0 Å². The largest absolute Gasteiger partial charge is 0.331 e. The molecule has 0 saturated heterocycles. The number of benzene rings is 2. The molecule has 0 atom stereocenters. The summed E-state index contributed by atoms with van der Waals surface area (Å²) in [6.07, 6.45) is 1.69. The van der Waals surface area contributed by atoms with E-state index in [2.05, 4.69) is 46.8 Å². The van der Waals surface area contributed by atoms with Crippen molar-refractivity contribution in [2.75, 3.05) is 0 Å². The van der Waals surface area contributed by atoms with E-state index in [4.69, 9.17) is 12.2 Å². The smallest absolute Gasteiger partial charge is 0.175 e. The minimum absolute atomic E-state index is 0.686. The molecule has 0 aliphatic carbocycles. The van der Waals surface area contributed by atoms with Crippen LogP contribution in [0.2, 0.25) is 0 Å². The summed E-state index contributed by atoms with van der Waals surface area (Å²) in [4.78, 5) is 10.2. The number of aromatic amines is 2. The van der Waals surface area contributed by atoms with Gasteiger partial charge < -0.3 is 9.97 Å². The maximum atomic E-state index is 4.95. The second-order valence-corrected chi connectivity index (χ2v) is 5.55. The molecule has 0 unspecified atom stereocenters. The molecule has 2 N–H and O–H groups in total. The Hall–Kier alpha value is -2.05. The summed E-state index contributed by atoms with van der Waals surface area (Å²) in [7, 11) is 0. The molecule has 4 rings (SSSR count). The van der Waals surface area contributed by atoms with Crippen LogP contribution in [0.1, 0.15) is 5.56 Å². The minimum atomic E-state index is 0.686. The van der Waals surface area contributed by atoms with Gasteiger partial charge in [0.1, 0.15) is 6.33 Å². The Morgan fingerprint density at radius 2 is 1.86 bits per heavy atom. The van der Waals surface area contributed by atoms with E-state index in [1.807, 2.05) is 30.3 Å². The molecule has 0 aliphatic heterocycles. The van der Waals surface area contributed by atoms with Crippen molar-refractivity contribution >= 4 is 47.1 Å². The molecule has 0 saturated carbocycles. The van der Waals surface area contributed by atoms with Crippen LogP contribution in [0, 0.1) is 11.7 Å². The fraction of sp³-hybridized carbons (Fsp3) is 0.0667. The third-order valence-corrected chi connectivity index (χ3v) is 3.63. The highest BCUT2D eigenvalue weighted by Crippen LogP contribution is 2.12. The zero-order valence-electron chi connectivity index (χ0n) is 11.4. The zero-order valence-corrected chi connectivity index (χ0v) is 13.1. The first-order valence-electron chi connectivity index (χ1n) is 6.43. The fourth-order valence-corrected chi connectivity index (χ4v) is 2.53. The van der Waals surface area contributed by atoms with E-state index in [9.17, 15) is 0 Å². The highest BCUT2D eigenvalue weighted by molar-refractivity contribution is 7.78. The minimum Gasteiger partial charge on any atom is -0.331 e. The Balaban J connectivity index is 0.000000126. The molecule has 0 amide bonds. The lowest BCUT2D eigenvalue weighted by atomic mass is 10.2. The van der Waals surface area contributed by atoms with Gasteiger partial charge in [0.2, 0.25) is 0 Å². The van der Waals surface area contributed by atoms with Gasteiger partial charge in [-0.1, -0.05) is 31.0 Å². The van der Waals surface area contributed by atoms with Gasteiger partial charge in [-0.05, 0) is 49.0 Å². The first-order valence-corrected chi connectivity index (χ1v) is 7.24. The quantitative estimate of drug-likeness (QED) is 0.335. The van der Waals surface area contributed by atoms with Gasteiger partial charge in [-0.2, -0.15) is 0 Å². The summed E-state index contributed by atoms with van der Waals surface area (Å²) in [5.74, 6) is 0. The van der Waals surface area contributed by atoms with E-state index in [1.165, 1.54) is 5.56 Å². The Labute approximate surface area is 132 Å². The molecule has 0 bridgehead atoms. The van der Waals surface area contributed by atoms with Gasteiger partial charge in [-0.25, -0.2) is 4.98 Å². The molecule has 2 aromatic carbocycles. The third-order valence-electron chi connectivity index (χ3n) is 3.11. The number of para-hydroxylation sites is 2. The molecule has 0 spiro atoms. The number of fused-ring (bicyclic) bond motifs is 2. The molecular formula is C15H14N4S2. The Morgan fingerprint density at radius 3 is 2.67 bits per heavy atom. The molecular weight excluding hydrogens is 300 g/mol. The second kappa shape index (κ2) is 5.75. The predicted molar refractivity (Wildman–Crippen MR) is 92.3 cm³/mol. The third kappa shape index (κ3) is 3.01. The predicted octanol–water partition coefficient (Wildman–Crippen LogP) is 4.26. The number of nitrogens with one attached hydrogen (secondary N) is 2. The highest BCUT2D eigenvalue weighted by atomic mass is 32.1. The van der Waals surface area contributed by atoms with Crippen LogP contribution < -0.4 is 0 Å². The molecule has 4 nitrogen and oxygen atoms in total. The lowest BCUT2D eigenvalue weighted by Gasteiger charge is -1.89. The van der Waals surface area contributed by atoms with Crippen LogP contribution in [-0.2, 0) is 0 Å². The van der Waals surface area contributed by atoms with Crippen molar-refractivity contribution in [3.05, 3.63) is 59.1 Å². The lowest BCUT2D eigenvalue weighted by molar-refractivity contribution is 1.28. The Bertz CT molecular complexity index is 949. The van der Waals surface area contributed by atoms with E-state index < -0.39 is 0 Å². The number of rotatable bonds is 0. The summed E-state index contributed by atoms with van der Waals surface area (Å²) in [5, 5.41) is 0. The number of hydrogen-bond donors (Lipinski definition) is 3. The average molecular weight is 314 g/mol. The van der Waals surface area contributed by atoms with E-state index in [0.717, 1.165) is 22.1 Å². The molecule has 0 radical (unpaired) electrons. The Morgan fingerprint density at radius 1 is 1.10 bits per heavy atom. The second-order valence-electron chi connectivity index (χ2n) is 4.71. The summed E-state index contributed by atoms with van der Waals surface area (Å²) in [6.45, 7) is 2.06. The van der Waals surface area contributed by atoms with E-state index in [0.29, 0.717) is 4.77 Å². The van der Waals surface area contributed by atoms with Crippen molar-refractivity contribution in [2.24, 2.45) is 0 Å². The first-order chi connectivity index (χ1) is 10.1. The summed E-state index contributed by atoms with van der Waals surface area (Å²) < 4.78 is 2.39. The number of imidazole rings is 2. The SMILES string of the molecule is Cc1ccc2[nH]c(=S)[nH]c2c1.Sn1cnc2ccccc21. The molecule has 0 fully saturated rings. The average Bonchev–Trinajstić information content (AvgIpc) is 3.02. The maximum absolute atomic E-state index is 4.95. The van der Waals surface area contributed by atoms with Crippen LogP contribution in [0.5, 0.6) is 0 Å². The number of nitrogens with zero attached hydrogens (tertiary/aromatic N) is 2. The van der Waals surface area contributed by atoms with Crippen molar-refractivity contribution in [1.29, 1.82) is 0 Å². The van der Waals surface area contributed by atoms with E-state index in [1.54, 1.807) is 10.3 Å². The van der Waals surface area contributed by atoms with Gasteiger partial charge in [0, 0.05) is 0 Å². The van der Waals surface area contributed by atoms with Gasteiger partial charge in [-0.3, -0.25) is 3.97 Å². The van der Waals surface area contributed by atoms with Gasteiger partial charge in [0.05, 0.1) is 22.1 Å². The van der Waals surface area contributed by atoms with E-state index >= 15 is 0 Å². The van der Waals surface area contributed by atoms with Crippen LogP contribution in [0.3, 0.4) is 0 Å². The first kappa shape index (κ1) is 13.9. The summed E-state index contributed by atoms with van der Waals surface area (Å²) in [5.41, 5.74) is 5.42. The molecule has 106 valence electrons. The molecule has 4 aromatic rings. The van der Waals surface area contributed by atoms with Crippen molar-refractivity contribution in [2.45, 2.75) is 6.92 Å². The summed E-state index contributed by atoms with van der Waals surface area (Å²) >= 11 is 9.10.